The lowest BCUT2D eigenvalue weighted by molar-refractivity contribution is -0.173. The van der Waals surface area contributed by atoms with Gasteiger partial charge in [-0.15, -0.1) is 0 Å². The van der Waals surface area contributed by atoms with Crippen LogP contribution in [0.25, 0.3) is 16.3 Å². The molecule has 2 aromatic carbocycles. The first-order valence-corrected chi connectivity index (χ1v) is 7.16. The Morgan fingerprint density at radius 1 is 1.14 bits per heavy atom. The predicted molar refractivity (Wildman–Crippen MR) is 84.2 cm³/mol. The van der Waals surface area contributed by atoms with Crippen LogP contribution in [0.4, 0.5) is 0 Å². The zero-order chi connectivity index (χ0) is 15.5. The Morgan fingerprint density at radius 2 is 1.91 bits per heavy atom. The standard InChI is InChI=1S/C18H18O4/c1-20-17(19)16-15(10-11-22-18(16)21-2)14-9-5-7-12-6-3-4-8-13(12)14/h3-10,16,18H,11H2,1-2H3/t16-,18+/m0/s1. The van der Waals surface area contributed by atoms with Crippen LogP contribution in [-0.2, 0) is 19.0 Å². The first-order chi connectivity index (χ1) is 10.8. The van der Waals surface area contributed by atoms with Crippen LogP contribution in [0.15, 0.2) is 48.5 Å². The number of carbonyl (C=O) groups is 1. The summed E-state index contributed by atoms with van der Waals surface area (Å²) in [6.45, 7) is 0.407. The van der Waals surface area contributed by atoms with Crippen molar-refractivity contribution in [2.24, 2.45) is 5.92 Å². The summed E-state index contributed by atoms with van der Waals surface area (Å²) in [5.41, 5.74) is 1.90. The summed E-state index contributed by atoms with van der Waals surface area (Å²) in [6.07, 6.45) is 1.30. The second kappa shape index (κ2) is 6.30. The van der Waals surface area contributed by atoms with Gasteiger partial charge in [0.05, 0.1) is 13.7 Å². The molecule has 2 aromatic rings. The fourth-order valence-electron chi connectivity index (χ4n) is 2.93. The van der Waals surface area contributed by atoms with E-state index in [9.17, 15) is 4.79 Å². The lowest BCUT2D eigenvalue weighted by Gasteiger charge is -2.30. The van der Waals surface area contributed by atoms with Crippen LogP contribution >= 0.6 is 0 Å². The highest BCUT2D eigenvalue weighted by Gasteiger charge is 2.37. The first kappa shape index (κ1) is 14.8. The minimum absolute atomic E-state index is 0.356. The molecule has 0 saturated carbocycles. The Balaban J connectivity index is 2.14. The highest BCUT2D eigenvalue weighted by molar-refractivity contribution is 5.99. The van der Waals surface area contributed by atoms with Crippen molar-refractivity contribution in [2.45, 2.75) is 6.29 Å². The highest BCUT2D eigenvalue weighted by Crippen LogP contribution is 2.35. The molecule has 0 fully saturated rings. The third kappa shape index (κ3) is 2.51. The van der Waals surface area contributed by atoms with Crippen molar-refractivity contribution < 1.29 is 19.0 Å². The minimum atomic E-state index is -0.633. The average Bonchev–Trinajstić information content (AvgIpc) is 2.59. The van der Waals surface area contributed by atoms with E-state index in [4.69, 9.17) is 14.2 Å². The van der Waals surface area contributed by atoms with Gasteiger partial charge in [0, 0.05) is 7.11 Å². The van der Waals surface area contributed by atoms with Gasteiger partial charge in [-0.2, -0.15) is 0 Å². The van der Waals surface area contributed by atoms with Gasteiger partial charge in [-0.05, 0) is 21.9 Å². The summed E-state index contributed by atoms with van der Waals surface area (Å²) in [6, 6.07) is 14.2. The lowest BCUT2D eigenvalue weighted by atomic mass is 9.87. The molecule has 22 heavy (non-hydrogen) atoms. The topological polar surface area (TPSA) is 44.8 Å². The summed E-state index contributed by atoms with van der Waals surface area (Å²) in [5, 5.41) is 2.23. The smallest absolute Gasteiger partial charge is 0.318 e. The van der Waals surface area contributed by atoms with Gasteiger partial charge in [0.1, 0.15) is 5.92 Å². The maximum atomic E-state index is 12.2. The van der Waals surface area contributed by atoms with Gasteiger partial charge in [-0.1, -0.05) is 48.5 Å². The van der Waals surface area contributed by atoms with Gasteiger partial charge in [0.2, 0.25) is 0 Å². The highest BCUT2D eigenvalue weighted by atomic mass is 16.7. The molecule has 0 spiro atoms. The molecule has 3 rings (SSSR count). The number of hydrogen-bond acceptors (Lipinski definition) is 4. The molecule has 4 heteroatoms. The number of methoxy groups -OCH3 is 2. The summed E-state index contributed by atoms with van der Waals surface area (Å²) >= 11 is 0. The van der Waals surface area contributed by atoms with Crippen LogP contribution < -0.4 is 0 Å². The second-order valence-corrected chi connectivity index (χ2v) is 5.12. The van der Waals surface area contributed by atoms with E-state index in [1.807, 2.05) is 30.3 Å². The number of carbonyl (C=O) groups excluding carboxylic acids is 1. The number of rotatable bonds is 3. The van der Waals surface area contributed by atoms with Crippen LogP contribution in [-0.4, -0.2) is 33.1 Å². The molecule has 0 bridgehead atoms. The normalized spacial score (nSPS) is 21.5. The predicted octanol–water partition coefficient (Wildman–Crippen LogP) is 3.02. The van der Waals surface area contributed by atoms with Crippen LogP contribution in [0.3, 0.4) is 0 Å². The SMILES string of the molecule is COC(=O)[C@@H]1C(c2cccc3ccccc23)=CCO[C@H]1OC. The molecule has 0 aliphatic carbocycles. The zero-order valence-electron chi connectivity index (χ0n) is 12.6. The van der Waals surface area contributed by atoms with Crippen LogP contribution in [0.1, 0.15) is 5.56 Å². The van der Waals surface area contributed by atoms with Crippen molar-refractivity contribution in [2.75, 3.05) is 20.8 Å². The van der Waals surface area contributed by atoms with Crippen LogP contribution in [0.2, 0.25) is 0 Å². The van der Waals surface area contributed by atoms with E-state index in [0.717, 1.165) is 21.9 Å². The van der Waals surface area contributed by atoms with Gasteiger partial charge in [0.25, 0.3) is 0 Å². The van der Waals surface area contributed by atoms with Crippen molar-refractivity contribution in [3.05, 3.63) is 54.1 Å². The molecule has 0 aromatic heterocycles. The number of esters is 1. The number of hydrogen-bond donors (Lipinski definition) is 0. The summed E-state index contributed by atoms with van der Waals surface area (Å²) in [7, 11) is 2.91. The Morgan fingerprint density at radius 3 is 2.68 bits per heavy atom. The van der Waals surface area contributed by atoms with Gasteiger partial charge >= 0.3 is 5.97 Å². The van der Waals surface area contributed by atoms with Crippen molar-refractivity contribution in [3.63, 3.8) is 0 Å². The lowest BCUT2D eigenvalue weighted by Crippen LogP contribution is -2.37. The molecule has 114 valence electrons. The maximum Gasteiger partial charge on any atom is 0.318 e. The van der Waals surface area contributed by atoms with E-state index in [1.54, 1.807) is 0 Å². The molecular formula is C18H18O4. The molecule has 0 radical (unpaired) electrons. The fraction of sp³-hybridized carbons (Fsp3) is 0.278. The molecule has 1 heterocycles. The molecule has 0 unspecified atom stereocenters. The zero-order valence-corrected chi connectivity index (χ0v) is 12.6. The summed E-state index contributed by atoms with van der Waals surface area (Å²) in [4.78, 5) is 12.2. The van der Waals surface area contributed by atoms with E-state index >= 15 is 0 Å². The monoisotopic (exact) mass is 298 g/mol. The number of benzene rings is 2. The number of fused-ring (bicyclic) bond motifs is 1. The molecule has 0 N–H and O–H groups in total. The second-order valence-electron chi connectivity index (χ2n) is 5.12. The molecule has 0 saturated heterocycles. The van der Waals surface area contributed by atoms with E-state index in [0.29, 0.717) is 6.61 Å². The van der Waals surface area contributed by atoms with E-state index in [1.165, 1.54) is 14.2 Å². The molecular weight excluding hydrogens is 280 g/mol. The quantitative estimate of drug-likeness (QED) is 0.817. The van der Waals surface area contributed by atoms with Gasteiger partial charge in [-0.25, -0.2) is 0 Å². The van der Waals surface area contributed by atoms with Crippen molar-refractivity contribution in [1.29, 1.82) is 0 Å². The van der Waals surface area contributed by atoms with E-state index < -0.39 is 12.2 Å². The average molecular weight is 298 g/mol. The Hall–Kier alpha value is -2.17. The number of ether oxygens (including phenoxy) is 3. The molecule has 2 atom stereocenters. The Kier molecular flexibility index (Phi) is 4.22. The van der Waals surface area contributed by atoms with Crippen molar-refractivity contribution >= 4 is 22.3 Å². The van der Waals surface area contributed by atoms with Crippen molar-refractivity contribution in [3.8, 4) is 0 Å². The summed E-state index contributed by atoms with van der Waals surface area (Å²) < 4.78 is 15.8. The van der Waals surface area contributed by atoms with Gasteiger partial charge < -0.3 is 14.2 Å². The maximum absolute atomic E-state index is 12.2. The molecule has 1 aliphatic heterocycles. The van der Waals surface area contributed by atoms with Gasteiger partial charge in [0.15, 0.2) is 6.29 Å². The van der Waals surface area contributed by atoms with Crippen LogP contribution in [0, 0.1) is 5.92 Å². The minimum Gasteiger partial charge on any atom is -0.468 e. The fourth-order valence-corrected chi connectivity index (χ4v) is 2.93. The Bertz CT molecular complexity index is 715. The molecule has 1 aliphatic rings. The summed E-state index contributed by atoms with van der Waals surface area (Å²) in [5.74, 6) is -0.944. The van der Waals surface area contributed by atoms with Crippen LogP contribution in [0.5, 0.6) is 0 Å². The Labute approximate surface area is 129 Å². The third-order valence-corrected chi connectivity index (χ3v) is 3.96. The van der Waals surface area contributed by atoms with Crippen molar-refractivity contribution in [1.82, 2.24) is 0 Å². The van der Waals surface area contributed by atoms with E-state index in [-0.39, 0.29) is 5.97 Å². The molecule has 4 nitrogen and oxygen atoms in total. The van der Waals surface area contributed by atoms with E-state index in [2.05, 4.69) is 18.2 Å². The first-order valence-electron chi connectivity index (χ1n) is 7.16. The molecule has 0 amide bonds. The largest absolute Gasteiger partial charge is 0.468 e. The van der Waals surface area contributed by atoms with Gasteiger partial charge in [-0.3, -0.25) is 4.79 Å². The third-order valence-electron chi connectivity index (χ3n) is 3.96.